The number of nitrogen functional groups attached to an aromatic ring is 1. The smallest absolute Gasteiger partial charge is 0.123 e. The van der Waals surface area contributed by atoms with Crippen molar-refractivity contribution in [1.82, 2.24) is 0 Å². The molecule has 4 nitrogen and oxygen atoms in total. The molecule has 1 aromatic rings. The molecule has 0 heterocycles. The molecule has 1 aromatic carbocycles. The lowest BCUT2D eigenvalue weighted by Gasteiger charge is -2.12. The number of nitrogens with one attached hydrogen (secondary N) is 1. The average Bonchev–Trinajstić information content (AvgIpc) is 2.25. The summed E-state index contributed by atoms with van der Waals surface area (Å²) in [6, 6.07) is 5.48. The first-order valence-electron chi connectivity index (χ1n) is 5.61. The third-order valence-electron chi connectivity index (χ3n) is 2.25. The predicted octanol–water partition coefficient (Wildman–Crippen LogP) is 1.85. The van der Waals surface area contributed by atoms with Gasteiger partial charge in [0.25, 0.3) is 0 Å². The average molecular weight is 224 g/mol. The van der Waals surface area contributed by atoms with E-state index in [0.717, 1.165) is 17.9 Å². The summed E-state index contributed by atoms with van der Waals surface area (Å²) in [5.41, 5.74) is 7.27. The van der Waals surface area contributed by atoms with E-state index in [1.54, 1.807) is 6.07 Å². The summed E-state index contributed by atoms with van der Waals surface area (Å²) in [5, 5.41) is 12.6. The molecule has 0 amide bonds. The van der Waals surface area contributed by atoms with E-state index in [9.17, 15) is 5.11 Å². The zero-order chi connectivity index (χ0) is 12.0. The van der Waals surface area contributed by atoms with E-state index in [-0.39, 0.29) is 6.10 Å². The Labute approximate surface area is 96.4 Å². The molecule has 4 N–H and O–H groups in total. The van der Waals surface area contributed by atoms with Gasteiger partial charge in [-0.15, -0.1) is 0 Å². The molecular formula is C12H20N2O2. The van der Waals surface area contributed by atoms with Gasteiger partial charge in [-0.05, 0) is 19.4 Å². The Bertz CT molecular complexity index is 329. The first kappa shape index (κ1) is 12.6. The number of nitrogens with two attached hydrogens (primary N) is 1. The molecule has 0 spiro atoms. The fraction of sp³-hybridized carbons (Fsp3) is 0.500. The van der Waals surface area contributed by atoms with Crippen molar-refractivity contribution in [3.05, 3.63) is 18.2 Å². The van der Waals surface area contributed by atoms with Crippen LogP contribution in [0.2, 0.25) is 0 Å². The summed E-state index contributed by atoms with van der Waals surface area (Å²) >= 11 is 0. The van der Waals surface area contributed by atoms with Gasteiger partial charge in [-0.3, -0.25) is 0 Å². The van der Waals surface area contributed by atoms with Gasteiger partial charge in [-0.2, -0.15) is 0 Å². The maximum atomic E-state index is 9.44. The van der Waals surface area contributed by atoms with E-state index in [1.165, 1.54) is 0 Å². The Hall–Kier alpha value is -1.42. The van der Waals surface area contributed by atoms with Crippen molar-refractivity contribution < 1.29 is 9.84 Å². The van der Waals surface area contributed by atoms with Gasteiger partial charge in [0, 0.05) is 30.1 Å². The molecule has 16 heavy (non-hydrogen) atoms. The van der Waals surface area contributed by atoms with Crippen molar-refractivity contribution >= 4 is 11.4 Å². The minimum absolute atomic E-state index is 0.336. The normalized spacial score (nSPS) is 12.2. The zero-order valence-corrected chi connectivity index (χ0v) is 9.86. The predicted molar refractivity (Wildman–Crippen MR) is 66.8 cm³/mol. The van der Waals surface area contributed by atoms with Crippen LogP contribution >= 0.6 is 0 Å². The van der Waals surface area contributed by atoms with Crippen molar-refractivity contribution in [2.75, 3.05) is 24.2 Å². The van der Waals surface area contributed by atoms with Crippen molar-refractivity contribution in [1.29, 1.82) is 0 Å². The van der Waals surface area contributed by atoms with E-state index in [2.05, 4.69) is 5.32 Å². The summed E-state index contributed by atoms with van der Waals surface area (Å²) in [5.74, 6) is 0.746. The molecule has 1 rings (SSSR count). The Morgan fingerprint density at radius 2 is 2.12 bits per heavy atom. The maximum Gasteiger partial charge on any atom is 0.123 e. The molecule has 4 heteroatoms. The molecule has 0 saturated carbocycles. The van der Waals surface area contributed by atoms with E-state index in [1.807, 2.05) is 26.0 Å². The first-order valence-corrected chi connectivity index (χ1v) is 5.61. The highest BCUT2D eigenvalue weighted by Gasteiger charge is 2.02. The van der Waals surface area contributed by atoms with Crippen LogP contribution in [0.15, 0.2) is 18.2 Å². The fourth-order valence-corrected chi connectivity index (χ4v) is 1.35. The number of rotatable bonds is 6. The van der Waals surface area contributed by atoms with Crippen LogP contribution in [-0.4, -0.2) is 24.4 Å². The topological polar surface area (TPSA) is 67.5 Å². The van der Waals surface area contributed by atoms with Gasteiger partial charge >= 0.3 is 0 Å². The summed E-state index contributed by atoms with van der Waals surface area (Å²) in [6.07, 6.45) is 0.394. The highest BCUT2D eigenvalue weighted by atomic mass is 16.5. The third-order valence-corrected chi connectivity index (χ3v) is 2.25. The lowest BCUT2D eigenvalue weighted by Crippen LogP contribution is -2.18. The van der Waals surface area contributed by atoms with E-state index >= 15 is 0 Å². The highest BCUT2D eigenvalue weighted by Crippen LogP contribution is 2.22. The van der Waals surface area contributed by atoms with Crippen LogP contribution in [0.3, 0.4) is 0 Å². The second kappa shape index (κ2) is 6.23. The van der Waals surface area contributed by atoms with Gasteiger partial charge in [-0.25, -0.2) is 0 Å². The minimum atomic E-state index is -0.336. The van der Waals surface area contributed by atoms with Gasteiger partial charge in [0.15, 0.2) is 0 Å². The zero-order valence-electron chi connectivity index (χ0n) is 9.86. The second-order valence-corrected chi connectivity index (χ2v) is 3.67. The Morgan fingerprint density at radius 1 is 1.38 bits per heavy atom. The molecule has 0 radical (unpaired) electrons. The van der Waals surface area contributed by atoms with Gasteiger partial charge in [-0.1, -0.05) is 6.92 Å². The van der Waals surface area contributed by atoms with Crippen LogP contribution in [-0.2, 0) is 0 Å². The monoisotopic (exact) mass is 224 g/mol. The van der Waals surface area contributed by atoms with Gasteiger partial charge in [0.2, 0.25) is 0 Å². The molecule has 1 atom stereocenters. The maximum absolute atomic E-state index is 9.44. The van der Waals surface area contributed by atoms with Crippen LogP contribution in [0, 0.1) is 0 Å². The fourth-order valence-electron chi connectivity index (χ4n) is 1.35. The number of ether oxygens (including phenoxy) is 1. The lowest BCUT2D eigenvalue weighted by atomic mass is 10.2. The lowest BCUT2D eigenvalue weighted by molar-refractivity contribution is 0.183. The van der Waals surface area contributed by atoms with E-state index in [4.69, 9.17) is 10.5 Å². The van der Waals surface area contributed by atoms with Crippen LogP contribution in [0.25, 0.3) is 0 Å². The highest BCUT2D eigenvalue weighted by molar-refractivity contribution is 5.59. The van der Waals surface area contributed by atoms with Gasteiger partial charge in [0.05, 0.1) is 12.7 Å². The molecular weight excluding hydrogens is 204 g/mol. The van der Waals surface area contributed by atoms with Crippen LogP contribution in [0.4, 0.5) is 11.4 Å². The Morgan fingerprint density at radius 3 is 2.75 bits per heavy atom. The molecule has 0 aliphatic heterocycles. The van der Waals surface area contributed by atoms with E-state index < -0.39 is 0 Å². The van der Waals surface area contributed by atoms with Crippen LogP contribution < -0.4 is 15.8 Å². The largest absolute Gasteiger partial charge is 0.494 e. The standard InChI is InChI=1S/C12H20N2O2/c1-3-11(15)8-14-10-5-9(13)6-12(7-10)16-4-2/h5-7,11,14-15H,3-4,8,13H2,1-2H3. The summed E-state index contributed by atoms with van der Waals surface area (Å²) in [4.78, 5) is 0. The molecule has 0 fully saturated rings. The Balaban J connectivity index is 2.64. The van der Waals surface area contributed by atoms with Crippen molar-refractivity contribution in [3.63, 3.8) is 0 Å². The van der Waals surface area contributed by atoms with Crippen molar-refractivity contribution in [2.24, 2.45) is 0 Å². The van der Waals surface area contributed by atoms with Gasteiger partial charge in [0.1, 0.15) is 5.75 Å². The second-order valence-electron chi connectivity index (χ2n) is 3.67. The SMILES string of the molecule is CCOc1cc(N)cc(NCC(O)CC)c1. The molecule has 0 aliphatic rings. The van der Waals surface area contributed by atoms with Crippen molar-refractivity contribution in [2.45, 2.75) is 26.4 Å². The quantitative estimate of drug-likeness (QED) is 0.645. The van der Waals surface area contributed by atoms with Crippen LogP contribution in [0.1, 0.15) is 20.3 Å². The molecule has 90 valence electrons. The number of aliphatic hydroxyl groups is 1. The summed E-state index contributed by atoms with van der Waals surface area (Å²) in [6.45, 7) is 5.00. The molecule has 0 aromatic heterocycles. The summed E-state index contributed by atoms with van der Waals surface area (Å²) < 4.78 is 5.38. The van der Waals surface area contributed by atoms with Gasteiger partial charge < -0.3 is 20.9 Å². The number of hydrogen-bond donors (Lipinski definition) is 3. The minimum Gasteiger partial charge on any atom is -0.494 e. The molecule has 0 saturated heterocycles. The number of benzene rings is 1. The third kappa shape index (κ3) is 3.98. The van der Waals surface area contributed by atoms with E-state index in [0.29, 0.717) is 18.8 Å². The number of aliphatic hydroxyl groups excluding tert-OH is 1. The first-order chi connectivity index (χ1) is 7.65. The van der Waals surface area contributed by atoms with Crippen LogP contribution in [0.5, 0.6) is 5.75 Å². The molecule has 1 unspecified atom stereocenters. The number of anilines is 2. The Kier molecular flexibility index (Phi) is 4.92. The number of hydrogen-bond acceptors (Lipinski definition) is 4. The van der Waals surface area contributed by atoms with Crippen molar-refractivity contribution in [3.8, 4) is 5.75 Å². The molecule has 0 bridgehead atoms. The summed E-state index contributed by atoms with van der Waals surface area (Å²) in [7, 11) is 0. The molecule has 0 aliphatic carbocycles.